The molecule has 0 radical (unpaired) electrons. The largest absolute Gasteiger partial charge is 0.487 e. The molecule has 0 aliphatic heterocycles. The summed E-state index contributed by atoms with van der Waals surface area (Å²) < 4.78 is 29.5. The van der Waals surface area contributed by atoms with Gasteiger partial charge in [-0.25, -0.2) is 8.42 Å². The van der Waals surface area contributed by atoms with Crippen molar-refractivity contribution in [2.24, 2.45) is 17.3 Å². The monoisotopic (exact) mass is 368 g/mol. The van der Waals surface area contributed by atoms with Gasteiger partial charge in [0.1, 0.15) is 5.78 Å². The zero-order valence-electron chi connectivity index (χ0n) is 16.4. The summed E-state index contributed by atoms with van der Waals surface area (Å²) in [5, 5.41) is 0.0480. The maximum Gasteiger partial charge on any atom is 0.215 e. The molecule has 2 aliphatic rings. The van der Waals surface area contributed by atoms with Crippen molar-refractivity contribution in [3.05, 3.63) is 22.8 Å². The van der Waals surface area contributed by atoms with Crippen LogP contribution in [-0.2, 0) is 19.4 Å². The predicted octanol–water partition coefficient (Wildman–Crippen LogP) is 4.42. The molecule has 0 unspecified atom stereocenters. The summed E-state index contributed by atoms with van der Waals surface area (Å²) in [7, 11) is -2.08. The van der Waals surface area contributed by atoms with Gasteiger partial charge in [0.05, 0.1) is 11.9 Å². The van der Waals surface area contributed by atoms with Gasteiger partial charge in [-0.3, -0.25) is 4.79 Å². The molecule has 5 heteroatoms. The Hall–Kier alpha value is -1.10. The maximum atomic E-state index is 12.6. The van der Waals surface area contributed by atoms with Crippen LogP contribution in [-0.4, -0.2) is 26.1 Å². The first-order valence-electron chi connectivity index (χ1n) is 9.17. The first-order valence-corrected chi connectivity index (χ1v) is 10.7. The number of hydrogen-bond donors (Lipinski definition) is 0. The van der Waals surface area contributed by atoms with Gasteiger partial charge in [-0.15, -0.1) is 0 Å². The van der Waals surface area contributed by atoms with E-state index in [0.29, 0.717) is 18.6 Å². The Labute approximate surface area is 152 Å². The van der Waals surface area contributed by atoms with Crippen LogP contribution in [0.4, 0.5) is 0 Å². The molecule has 3 atom stereocenters. The summed E-state index contributed by atoms with van der Waals surface area (Å²) in [5.74, 6) is 0.694. The number of fused-ring (bicyclic) bond motifs is 1. The van der Waals surface area contributed by atoms with E-state index in [2.05, 4.69) is 19.9 Å². The van der Waals surface area contributed by atoms with E-state index in [-0.39, 0.29) is 22.3 Å². The lowest BCUT2D eigenvalue weighted by Gasteiger charge is -2.40. The molecular formula is C20H32O4S. The van der Waals surface area contributed by atoms with E-state index in [1.807, 2.05) is 0 Å². The smallest absolute Gasteiger partial charge is 0.215 e. The number of hydrogen-bond acceptors (Lipinski definition) is 4. The van der Waals surface area contributed by atoms with Crippen molar-refractivity contribution in [1.82, 2.24) is 0 Å². The molecule has 25 heavy (non-hydrogen) atoms. The van der Waals surface area contributed by atoms with Crippen molar-refractivity contribution in [2.45, 2.75) is 71.5 Å². The number of carbonyl (C=O) groups excluding carboxylic acids is 1. The highest BCUT2D eigenvalue weighted by molar-refractivity contribution is 7.96. The third-order valence-electron chi connectivity index (χ3n) is 5.95. The second kappa shape index (κ2) is 6.90. The number of ketones is 1. The lowest BCUT2D eigenvalue weighted by atomic mass is 9.63. The molecule has 0 bridgehead atoms. The Morgan fingerprint density at radius 2 is 2.08 bits per heavy atom. The SMILES string of the molecule is CO/C(=C/C[C@@H](C)C1=CC[C@H]2C(=O)CCC[C@]12C)S(=O)(=O)C(C)(C)C. The maximum absolute atomic E-state index is 12.6. The molecule has 0 saturated heterocycles. The Morgan fingerprint density at radius 1 is 1.44 bits per heavy atom. The van der Waals surface area contributed by atoms with Crippen LogP contribution in [0.3, 0.4) is 0 Å². The minimum Gasteiger partial charge on any atom is -0.487 e. The van der Waals surface area contributed by atoms with E-state index >= 15 is 0 Å². The predicted molar refractivity (Wildman–Crippen MR) is 101 cm³/mol. The first kappa shape index (κ1) is 20.2. The molecule has 0 aromatic rings. The second-order valence-electron chi connectivity index (χ2n) is 8.66. The van der Waals surface area contributed by atoms with Gasteiger partial charge < -0.3 is 4.74 Å². The van der Waals surface area contributed by atoms with Gasteiger partial charge >= 0.3 is 0 Å². The fraction of sp³-hybridized carbons (Fsp3) is 0.750. The molecule has 142 valence electrons. The quantitative estimate of drug-likeness (QED) is 0.532. The fourth-order valence-corrected chi connectivity index (χ4v) is 5.46. The van der Waals surface area contributed by atoms with Gasteiger partial charge in [-0.2, -0.15) is 0 Å². The third-order valence-corrected chi connectivity index (χ3v) is 8.43. The van der Waals surface area contributed by atoms with E-state index in [1.54, 1.807) is 26.8 Å². The summed E-state index contributed by atoms with van der Waals surface area (Å²) >= 11 is 0. The first-order chi connectivity index (χ1) is 11.4. The second-order valence-corrected chi connectivity index (χ2v) is 11.3. The number of Topliss-reactive ketones (excluding diaryl/α,β-unsaturated/α-hetero) is 1. The average Bonchev–Trinajstić information content (AvgIpc) is 2.84. The Bertz CT molecular complexity index is 694. The summed E-state index contributed by atoms with van der Waals surface area (Å²) in [6.07, 6.45) is 8.04. The normalized spacial score (nSPS) is 29.2. The Morgan fingerprint density at radius 3 is 2.64 bits per heavy atom. The van der Waals surface area contributed by atoms with Crippen molar-refractivity contribution >= 4 is 15.6 Å². The number of rotatable bonds is 5. The van der Waals surface area contributed by atoms with Crippen LogP contribution in [0.1, 0.15) is 66.7 Å². The average molecular weight is 369 g/mol. The van der Waals surface area contributed by atoms with Gasteiger partial charge in [0.25, 0.3) is 0 Å². The molecule has 0 aromatic carbocycles. The fourth-order valence-electron chi connectivity index (χ4n) is 4.32. The number of allylic oxidation sites excluding steroid dienone is 3. The third kappa shape index (κ3) is 3.57. The van der Waals surface area contributed by atoms with E-state index in [1.165, 1.54) is 12.7 Å². The summed E-state index contributed by atoms with van der Waals surface area (Å²) in [6.45, 7) is 9.36. The summed E-state index contributed by atoms with van der Waals surface area (Å²) in [5.41, 5.74) is 1.25. The van der Waals surface area contributed by atoms with Crippen molar-refractivity contribution < 1.29 is 17.9 Å². The molecule has 2 rings (SSSR count). The molecule has 0 amide bonds. The highest BCUT2D eigenvalue weighted by Crippen LogP contribution is 2.53. The van der Waals surface area contributed by atoms with E-state index in [4.69, 9.17) is 4.74 Å². The van der Waals surface area contributed by atoms with Crippen LogP contribution in [0.25, 0.3) is 0 Å². The van der Waals surface area contributed by atoms with Gasteiger partial charge in [-0.05, 0) is 63.9 Å². The Kier molecular flexibility index (Phi) is 5.58. The van der Waals surface area contributed by atoms with Crippen molar-refractivity contribution in [3.63, 3.8) is 0 Å². The van der Waals surface area contributed by atoms with E-state index < -0.39 is 14.6 Å². The van der Waals surface area contributed by atoms with Crippen molar-refractivity contribution in [1.29, 1.82) is 0 Å². The van der Waals surface area contributed by atoms with Crippen molar-refractivity contribution in [3.8, 4) is 0 Å². The minimum atomic E-state index is -3.49. The lowest BCUT2D eigenvalue weighted by molar-refractivity contribution is -0.128. The lowest BCUT2D eigenvalue weighted by Crippen LogP contribution is -2.36. The van der Waals surface area contributed by atoms with Crippen LogP contribution in [0, 0.1) is 17.3 Å². The van der Waals surface area contributed by atoms with Crippen LogP contribution >= 0.6 is 0 Å². The standard InChI is InChI=1S/C20H32O4S/c1-14(9-12-18(24-6)25(22,23)19(2,3)4)15-10-11-16-17(21)8-7-13-20(15,16)5/h10,12,14,16H,7-9,11,13H2,1-6H3/b18-12-/t14-,16+,20-/m1/s1. The van der Waals surface area contributed by atoms with Gasteiger partial charge in [-0.1, -0.05) is 25.5 Å². The van der Waals surface area contributed by atoms with Crippen LogP contribution in [0.15, 0.2) is 22.8 Å². The van der Waals surface area contributed by atoms with Gasteiger partial charge in [0.15, 0.2) is 0 Å². The molecule has 0 spiro atoms. The molecule has 2 aliphatic carbocycles. The van der Waals surface area contributed by atoms with Crippen molar-refractivity contribution in [2.75, 3.05) is 7.11 Å². The molecule has 0 heterocycles. The van der Waals surface area contributed by atoms with Gasteiger partial charge in [0, 0.05) is 12.3 Å². The topological polar surface area (TPSA) is 60.4 Å². The summed E-state index contributed by atoms with van der Waals surface area (Å²) in [6, 6.07) is 0. The molecule has 1 fully saturated rings. The minimum absolute atomic E-state index is 0.0480. The highest BCUT2D eigenvalue weighted by Gasteiger charge is 2.47. The van der Waals surface area contributed by atoms with Crippen LogP contribution in [0.5, 0.6) is 0 Å². The Balaban J connectivity index is 2.20. The van der Waals surface area contributed by atoms with E-state index in [0.717, 1.165) is 19.3 Å². The highest BCUT2D eigenvalue weighted by atomic mass is 32.2. The van der Waals surface area contributed by atoms with Crippen LogP contribution < -0.4 is 0 Å². The number of ether oxygens (including phenoxy) is 1. The van der Waals surface area contributed by atoms with Gasteiger partial charge in [0.2, 0.25) is 14.9 Å². The molecule has 0 N–H and O–H groups in total. The van der Waals surface area contributed by atoms with E-state index in [9.17, 15) is 13.2 Å². The molecule has 0 aromatic heterocycles. The zero-order valence-corrected chi connectivity index (χ0v) is 17.2. The molecule has 4 nitrogen and oxygen atoms in total. The molecular weight excluding hydrogens is 336 g/mol. The number of sulfone groups is 1. The number of methoxy groups -OCH3 is 1. The number of carbonyl (C=O) groups is 1. The molecule has 1 saturated carbocycles. The van der Waals surface area contributed by atoms with Crippen LogP contribution in [0.2, 0.25) is 0 Å². The summed E-state index contributed by atoms with van der Waals surface area (Å²) in [4.78, 5) is 12.3. The zero-order chi connectivity index (χ0) is 19.0.